The maximum absolute atomic E-state index is 13.6. The molecule has 3 aromatic rings. The highest BCUT2D eigenvalue weighted by Crippen LogP contribution is 2.48. The van der Waals surface area contributed by atoms with E-state index in [1.54, 1.807) is 0 Å². The maximum Gasteiger partial charge on any atom is 0.259 e. The number of hydrogen-bond donors (Lipinski definition) is 1. The lowest BCUT2D eigenvalue weighted by Gasteiger charge is -2.19. The first-order valence-electron chi connectivity index (χ1n) is 11.8. The zero-order valence-corrected chi connectivity index (χ0v) is 19.6. The molecule has 6 rings (SSSR count). The van der Waals surface area contributed by atoms with Crippen molar-refractivity contribution in [3.63, 3.8) is 0 Å². The van der Waals surface area contributed by atoms with Crippen molar-refractivity contribution in [1.29, 1.82) is 0 Å². The molecule has 0 fully saturated rings. The molecule has 2 aromatic carbocycles. The topological polar surface area (TPSA) is 72.8 Å². The van der Waals surface area contributed by atoms with Gasteiger partial charge in [-0.15, -0.1) is 0 Å². The fraction of sp³-hybridized carbons (Fsp3) is 0.333. The van der Waals surface area contributed by atoms with Crippen molar-refractivity contribution >= 4 is 28.4 Å². The molecule has 0 bridgehead atoms. The molecule has 1 atom stereocenters. The number of amides is 2. The summed E-state index contributed by atoms with van der Waals surface area (Å²) in [5.41, 5.74) is 5.50. The second kappa shape index (κ2) is 7.65. The summed E-state index contributed by atoms with van der Waals surface area (Å²) >= 11 is 0. The number of hydrogen-bond acceptors (Lipinski definition) is 5. The van der Waals surface area contributed by atoms with Gasteiger partial charge in [-0.05, 0) is 47.7 Å². The first-order chi connectivity index (χ1) is 16.4. The van der Waals surface area contributed by atoms with Gasteiger partial charge in [-0.3, -0.25) is 14.5 Å². The van der Waals surface area contributed by atoms with E-state index in [1.807, 2.05) is 30.3 Å². The van der Waals surface area contributed by atoms with Crippen molar-refractivity contribution in [2.45, 2.75) is 39.7 Å². The molecule has 0 saturated heterocycles. The SMILES string of the molecule is CC(=O)N1CC2=C(C1=O)[C@@H](c1ccc3c(c1)OCO3)c1cn(CCC(C)C)c3cccc(c13)N2. The van der Waals surface area contributed by atoms with E-state index in [2.05, 4.69) is 36.0 Å². The van der Waals surface area contributed by atoms with Crippen molar-refractivity contribution < 1.29 is 19.1 Å². The lowest BCUT2D eigenvalue weighted by molar-refractivity contribution is -0.139. The Hall–Kier alpha value is -3.74. The Bertz CT molecular complexity index is 1380. The van der Waals surface area contributed by atoms with Crippen LogP contribution in [0.1, 0.15) is 44.2 Å². The summed E-state index contributed by atoms with van der Waals surface area (Å²) in [5, 5.41) is 4.64. The van der Waals surface area contributed by atoms with E-state index in [0.29, 0.717) is 23.0 Å². The van der Waals surface area contributed by atoms with E-state index in [-0.39, 0.29) is 31.1 Å². The second-order valence-electron chi connectivity index (χ2n) is 9.63. The van der Waals surface area contributed by atoms with Crippen LogP contribution in [-0.2, 0) is 16.1 Å². The van der Waals surface area contributed by atoms with Crippen LogP contribution in [0.25, 0.3) is 10.9 Å². The second-order valence-corrected chi connectivity index (χ2v) is 9.63. The predicted octanol–water partition coefficient (Wildman–Crippen LogP) is 4.62. The van der Waals surface area contributed by atoms with Gasteiger partial charge >= 0.3 is 0 Å². The molecule has 3 aliphatic heterocycles. The summed E-state index contributed by atoms with van der Waals surface area (Å²) < 4.78 is 13.5. The molecule has 0 radical (unpaired) electrons. The number of carbonyl (C=O) groups excluding carboxylic acids is 2. The normalized spacial score (nSPS) is 18.5. The lowest BCUT2D eigenvalue weighted by atomic mass is 9.84. The maximum atomic E-state index is 13.6. The molecule has 0 aliphatic carbocycles. The van der Waals surface area contributed by atoms with Crippen molar-refractivity contribution in [2.75, 3.05) is 18.7 Å². The molecule has 3 aliphatic rings. The molecule has 1 N–H and O–H groups in total. The first-order valence-corrected chi connectivity index (χ1v) is 11.8. The molecule has 2 amide bonds. The number of imide groups is 1. The minimum absolute atomic E-state index is 0.189. The summed E-state index contributed by atoms with van der Waals surface area (Å²) in [6.45, 7) is 7.22. The van der Waals surface area contributed by atoms with Gasteiger partial charge in [-0.2, -0.15) is 0 Å². The van der Waals surface area contributed by atoms with E-state index in [4.69, 9.17) is 9.47 Å². The molecular formula is C27H27N3O4. The zero-order valence-electron chi connectivity index (χ0n) is 19.6. The van der Waals surface area contributed by atoms with Gasteiger partial charge in [0, 0.05) is 42.4 Å². The Morgan fingerprint density at radius 1 is 1.18 bits per heavy atom. The minimum atomic E-state index is -0.333. The summed E-state index contributed by atoms with van der Waals surface area (Å²) in [5.74, 6) is 1.13. The summed E-state index contributed by atoms with van der Waals surface area (Å²) in [6.07, 6.45) is 3.24. The van der Waals surface area contributed by atoms with Gasteiger partial charge in [0.1, 0.15) is 0 Å². The van der Waals surface area contributed by atoms with Gasteiger partial charge in [0.25, 0.3) is 5.91 Å². The van der Waals surface area contributed by atoms with Crippen LogP contribution in [0.5, 0.6) is 11.5 Å². The van der Waals surface area contributed by atoms with E-state index in [0.717, 1.165) is 46.4 Å². The molecule has 34 heavy (non-hydrogen) atoms. The van der Waals surface area contributed by atoms with Gasteiger partial charge in [0.05, 0.1) is 17.6 Å². The number of benzene rings is 2. The van der Waals surface area contributed by atoms with Crippen LogP contribution in [0, 0.1) is 5.92 Å². The Morgan fingerprint density at radius 2 is 2.00 bits per heavy atom. The Morgan fingerprint density at radius 3 is 2.79 bits per heavy atom. The summed E-state index contributed by atoms with van der Waals surface area (Å²) in [4.78, 5) is 27.2. The van der Waals surface area contributed by atoms with Crippen molar-refractivity contribution in [1.82, 2.24) is 9.47 Å². The van der Waals surface area contributed by atoms with Crippen molar-refractivity contribution in [3.05, 3.63) is 65.0 Å². The molecule has 7 heteroatoms. The van der Waals surface area contributed by atoms with Gasteiger partial charge in [-0.1, -0.05) is 26.0 Å². The third-order valence-electron chi connectivity index (χ3n) is 7.00. The van der Waals surface area contributed by atoms with Crippen LogP contribution in [0.15, 0.2) is 53.9 Å². The fourth-order valence-corrected chi connectivity index (χ4v) is 5.30. The van der Waals surface area contributed by atoms with Gasteiger partial charge in [-0.25, -0.2) is 0 Å². The molecule has 0 spiro atoms. The van der Waals surface area contributed by atoms with E-state index in [9.17, 15) is 9.59 Å². The molecule has 4 heterocycles. The number of aromatic nitrogens is 1. The lowest BCUT2D eigenvalue weighted by Crippen LogP contribution is -2.33. The number of aryl methyl sites for hydroxylation is 1. The largest absolute Gasteiger partial charge is 0.454 e. The predicted molar refractivity (Wildman–Crippen MR) is 129 cm³/mol. The molecule has 0 unspecified atom stereocenters. The third kappa shape index (κ3) is 3.10. The highest BCUT2D eigenvalue weighted by molar-refractivity contribution is 6.11. The molecule has 0 saturated carbocycles. The number of rotatable bonds is 4. The van der Waals surface area contributed by atoms with Crippen molar-refractivity contribution in [2.24, 2.45) is 5.92 Å². The number of anilines is 1. The zero-order chi connectivity index (χ0) is 23.6. The highest BCUT2D eigenvalue weighted by atomic mass is 16.7. The standard InChI is InChI=1S/C27H27N3O4/c1-15(2)9-10-29-12-18-24(17-7-8-22-23(11-17)34-14-33-22)26-20(13-30(16(3)31)27(26)32)28-19-5-4-6-21(29)25(18)19/h4-8,11-12,15,24,28H,9-10,13-14H2,1-3H3/t24-/m0/s1. The van der Waals surface area contributed by atoms with E-state index < -0.39 is 0 Å². The average Bonchev–Trinajstić information content (AvgIpc) is 3.48. The van der Waals surface area contributed by atoms with Crippen molar-refractivity contribution in [3.8, 4) is 11.5 Å². The van der Waals surface area contributed by atoms with Gasteiger partial charge < -0.3 is 19.4 Å². The van der Waals surface area contributed by atoms with Gasteiger partial charge in [0.15, 0.2) is 11.5 Å². The van der Waals surface area contributed by atoms with E-state index in [1.165, 1.54) is 11.8 Å². The smallest absolute Gasteiger partial charge is 0.259 e. The Balaban J connectivity index is 1.58. The molecule has 174 valence electrons. The molecule has 1 aromatic heterocycles. The number of fused-ring (bicyclic) bond motifs is 1. The highest BCUT2D eigenvalue weighted by Gasteiger charge is 2.42. The fourth-order valence-electron chi connectivity index (χ4n) is 5.30. The Kier molecular flexibility index (Phi) is 4.69. The third-order valence-corrected chi connectivity index (χ3v) is 7.00. The number of carbonyl (C=O) groups is 2. The van der Waals surface area contributed by atoms with Crippen LogP contribution in [0.3, 0.4) is 0 Å². The quantitative estimate of drug-likeness (QED) is 0.619. The van der Waals surface area contributed by atoms with E-state index >= 15 is 0 Å². The minimum Gasteiger partial charge on any atom is -0.454 e. The molecular weight excluding hydrogens is 430 g/mol. The Labute approximate surface area is 197 Å². The van der Waals surface area contributed by atoms with Gasteiger partial charge in [0.2, 0.25) is 12.7 Å². The van der Waals surface area contributed by atoms with Crippen LogP contribution in [0.2, 0.25) is 0 Å². The number of nitrogens with zero attached hydrogens (tertiary/aromatic N) is 2. The average molecular weight is 458 g/mol. The summed E-state index contributed by atoms with van der Waals surface area (Å²) in [7, 11) is 0. The summed E-state index contributed by atoms with van der Waals surface area (Å²) in [6, 6.07) is 12.1. The van der Waals surface area contributed by atoms with Crippen LogP contribution >= 0.6 is 0 Å². The van der Waals surface area contributed by atoms with Crippen LogP contribution in [0.4, 0.5) is 5.69 Å². The van der Waals surface area contributed by atoms with Crippen LogP contribution in [-0.4, -0.2) is 34.6 Å². The number of ether oxygens (including phenoxy) is 2. The monoisotopic (exact) mass is 457 g/mol. The first kappa shape index (κ1) is 20.8. The van der Waals surface area contributed by atoms with Crippen LogP contribution < -0.4 is 14.8 Å². The molecule has 7 nitrogen and oxygen atoms in total. The number of nitrogens with one attached hydrogen (secondary N) is 1.